The lowest BCUT2D eigenvalue weighted by Crippen LogP contribution is -2.15. The van der Waals surface area contributed by atoms with Gasteiger partial charge in [0.25, 0.3) is 5.91 Å². The largest absolute Gasteiger partial charge is 0.463 e. The summed E-state index contributed by atoms with van der Waals surface area (Å²) in [4.78, 5) is 24.3. The van der Waals surface area contributed by atoms with E-state index in [0.717, 1.165) is 35.4 Å². The number of halogens is 2. The molecule has 4 rings (SSSR count). The quantitative estimate of drug-likeness (QED) is 0.456. The van der Waals surface area contributed by atoms with Crippen LogP contribution in [-0.4, -0.2) is 28.3 Å². The van der Waals surface area contributed by atoms with Crippen LogP contribution in [0.2, 0.25) is 0 Å². The lowest BCUT2D eigenvalue weighted by molar-refractivity contribution is -0.137. The average Bonchev–Trinajstić information content (AvgIpc) is 3.38. The van der Waals surface area contributed by atoms with Crippen LogP contribution in [-0.2, 0) is 22.4 Å². The third kappa shape index (κ3) is 4.44. The average molecular weight is 437 g/mol. The second-order valence-electron chi connectivity index (χ2n) is 7.30. The molecule has 0 atom stereocenters. The number of benzene rings is 2. The lowest BCUT2D eigenvalue weighted by Gasteiger charge is -2.06. The molecule has 0 fully saturated rings. The van der Waals surface area contributed by atoms with E-state index < -0.39 is 17.6 Å². The Morgan fingerprint density at radius 2 is 1.91 bits per heavy atom. The Morgan fingerprint density at radius 3 is 2.62 bits per heavy atom. The number of aromatic nitrogens is 2. The summed E-state index contributed by atoms with van der Waals surface area (Å²) in [6.07, 6.45) is 5.22. The number of hydrogen-bond donors (Lipinski definition) is 1. The second kappa shape index (κ2) is 9.13. The molecule has 32 heavy (non-hydrogen) atoms. The summed E-state index contributed by atoms with van der Waals surface area (Å²) in [5, 5.41) is 7.23. The standard InChI is InChI=1S/C24H21F2N3O3/c1-2-32-22(30)13-8-15-6-9-16(10-7-15)27-24(31)23-18-4-3-5-21(18)29(28-23)17-11-12-19(25)20(26)14-17/h6-14H,2-5H2,1H3,(H,27,31)/b13-8+. The molecule has 1 amide bonds. The lowest BCUT2D eigenvalue weighted by atomic mass is 10.1. The van der Waals surface area contributed by atoms with Gasteiger partial charge in [-0.2, -0.15) is 5.10 Å². The molecule has 0 saturated carbocycles. The monoisotopic (exact) mass is 437 g/mol. The summed E-state index contributed by atoms with van der Waals surface area (Å²) in [6.45, 7) is 2.04. The highest BCUT2D eigenvalue weighted by Crippen LogP contribution is 2.29. The van der Waals surface area contributed by atoms with Gasteiger partial charge in [0.05, 0.1) is 12.3 Å². The molecule has 3 aromatic rings. The van der Waals surface area contributed by atoms with Crippen LogP contribution >= 0.6 is 0 Å². The van der Waals surface area contributed by atoms with Crippen molar-refractivity contribution in [2.75, 3.05) is 11.9 Å². The van der Waals surface area contributed by atoms with Gasteiger partial charge in [0.15, 0.2) is 17.3 Å². The van der Waals surface area contributed by atoms with Crippen LogP contribution in [0.4, 0.5) is 14.5 Å². The predicted molar refractivity (Wildman–Crippen MR) is 116 cm³/mol. The zero-order chi connectivity index (χ0) is 22.7. The first-order valence-electron chi connectivity index (χ1n) is 10.3. The SMILES string of the molecule is CCOC(=O)/C=C/c1ccc(NC(=O)c2nn(-c3ccc(F)c(F)c3)c3c2CCC3)cc1. The molecule has 0 bridgehead atoms. The van der Waals surface area contributed by atoms with Crippen LogP contribution in [0.15, 0.2) is 48.5 Å². The Labute approximate surface area is 183 Å². The molecule has 8 heteroatoms. The van der Waals surface area contributed by atoms with E-state index in [0.29, 0.717) is 30.8 Å². The highest BCUT2D eigenvalue weighted by Gasteiger charge is 2.27. The summed E-state index contributed by atoms with van der Waals surface area (Å²) in [5.41, 5.74) is 3.64. The van der Waals surface area contributed by atoms with Crippen molar-refractivity contribution in [3.63, 3.8) is 0 Å². The maximum atomic E-state index is 13.7. The molecule has 0 saturated heterocycles. The molecule has 0 unspecified atom stereocenters. The van der Waals surface area contributed by atoms with E-state index in [-0.39, 0.29) is 11.6 Å². The summed E-state index contributed by atoms with van der Waals surface area (Å²) in [5.74, 6) is -2.70. The van der Waals surface area contributed by atoms with Gasteiger partial charge in [-0.25, -0.2) is 18.3 Å². The van der Waals surface area contributed by atoms with Crippen LogP contribution in [0, 0.1) is 11.6 Å². The number of nitrogens with zero attached hydrogens (tertiary/aromatic N) is 2. The number of fused-ring (bicyclic) bond motifs is 1. The molecular formula is C24H21F2N3O3. The third-order valence-electron chi connectivity index (χ3n) is 5.16. The van der Waals surface area contributed by atoms with E-state index in [2.05, 4.69) is 10.4 Å². The normalized spacial score (nSPS) is 12.7. The molecular weight excluding hydrogens is 416 g/mol. The third-order valence-corrected chi connectivity index (χ3v) is 5.16. The molecule has 1 aromatic heterocycles. The molecule has 164 valence electrons. The molecule has 1 aliphatic rings. The highest BCUT2D eigenvalue weighted by molar-refractivity contribution is 6.04. The molecule has 2 aromatic carbocycles. The van der Waals surface area contributed by atoms with Gasteiger partial charge in [-0.05, 0) is 62.1 Å². The van der Waals surface area contributed by atoms with Gasteiger partial charge < -0.3 is 10.1 Å². The first-order valence-corrected chi connectivity index (χ1v) is 10.3. The Balaban J connectivity index is 1.53. The summed E-state index contributed by atoms with van der Waals surface area (Å²) < 4.78 is 33.4. The minimum atomic E-state index is -0.965. The van der Waals surface area contributed by atoms with E-state index in [9.17, 15) is 18.4 Å². The van der Waals surface area contributed by atoms with Crippen molar-refractivity contribution in [3.8, 4) is 5.69 Å². The van der Waals surface area contributed by atoms with Gasteiger partial charge in [0.1, 0.15) is 0 Å². The first-order chi connectivity index (χ1) is 15.5. The van der Waals surface area contributed by atoms with Gasteiger partial charge in [-0.3, -0.25) is 4.79 Å². The van der Waals surface area contributed by atoms with Crippen molar-refractivity contribution in [2.45, 2.75) is 26.2 Å². The molecule has 0 radical (unpaired) electrons. The topological polar surface area (TPSA) is 73.2 Å². The van der Waals surface area contributed by atoms with E-state index >= 15 is 0 Å². The Hall–Kier alpha value is -3.81. The smallest absolute Gasteiger partial charge is 0.330 e. The number of rotatable bonds is 6. The minimum Gasteiger partial charge on any atom is -0.463 e. The number of carbonyl (C=O) groups excluding carboxylic acids is 2. The molecule has 0 aliphatic heterocycles. The van der Waals surface area contributed by atoms with Crippen molar-refractivity contribution in [1.82, 2.24) is 9.78 Å². The van der Waals surface area contributed by atoms with Crippen LogP contribution < -0.4 is 5.32 Å². The summed E-state index contributed by atoms with van der Waals surface area (Å²) in [7, 11) is 0. The van der Waals surface area contributed by atoms with E-state index in [4.69, 9.17) is 4.74 Å². The van der Waals surface area contributed by atoms with Crippen molar-refractivity contribution >= 4 is 23.6 Å². The van der Waals surface area contributed by atoms with Crippen molar-refractivity contribution in [2.24, 2.45) is 0 Å². The molecule has 0 spiro atoms. The van der Waals surface area contributed by atoms with Gasteiger partial charge in [-0.15, -0.1) is 0 Å². The summed E-state index contributed by atoms with van der Waals surface area (Å²) >= 11 is 0. The molecule has 1 N–H and O–H groups in total. The van der Waals surface area contributed by atoms with Crippen molar-refractivity contribution in [3.05, 3.63) is 82.7 Å². The fourth-order valence-electron chi connectivity index (χ4n) is 3.67. The number of esters is 1. The number of ether oxygens (including phenoxy) is 1. The first kappa shape index (κ1) is 21.4. The Bertz CT molecular complexity index is 1200. The van der Waals surface area contributed by atoms with Crippen LogP contribution in [0.5, 0.6) is 0 Å². The number of hydrogen-bond acceptors (Lipinski definition) is 4. The van der Waals surface area contributed by atoms with Gasteiger partial charge in [-0.1, -0.05) is 12.1 Å². The number of nitrogens with one attached hydrogen (secondary N) is 1. The van der Waals surface area contributed by atoms with Gasteiger partial charge in [0, 0.05) is 29.1 Å². The van der Waals surface area contributed by atoms with Crippen molar-refractivity contribution in [1.29, 1.82) is 0 Å². The molecule has 6 nitrogen and oxygen atoms in total. The fourth-order valence-corrected chi connectivity index (χ4v) is 3.67. The van der Waals surface area contributed by atoms with E-state index in [1.54, 1.807) is 37.3 Å². The van der Waals surface area contributed by atoms with Crippen LogP contribution in [0.1, 0.15) is 40.7 Å². The predicted octanol–water partition coefficient (Wildman–Crippen LogP) is 4.47. The van der Waals surface area contributed by atoms with Gasteiger partial charge >= 0.3 is 5.97 Å². The second-order valence-corrected chi connectivity index (χ2v) is 7.30. The van der Waals surface area contributed by atoms with Gasteiger partial charge in [0.2, 0.25) is 0 Å². The van der Waals surface area contributed by atoms with Crippen molar-refractivity contribution < 1.29 is 23.1 Å². The summed E-state index contributed by atoms with van der Waals surface area (Å²) in [6, 6.07) is 10.5. The molecule has 1 heterocycles. The number of carbonyl (C=O) groups is 2. The molecule has 1 aliphatic carbocycles. The number of anilines is 1. The maximum absolute atomic E-state index is 13.7. The van der Waals surface area contributed by atoms with E-state index in [1.165, 1.54) is 16.8 Å². The number of amides is 1. The van der Waals surface area contributed by atoms with Crippen LogP contribution in [0.25, 0.3) is 11.8 Å². The minimum absolute atomic E-state index is 0.272. The zero-order valence-corrected chi connectivity index (χ0v) is 17.4. The highest BCUT2D eigenvalue weighted by atomic mass is 19.2. The van der Waals surface area contributed by atoms with Crippen LogP contribution in [0.3, 0.4) is 0 Å². The fraction of sp³-hybridized carbons (Fsp3) is 0.208. The zero-order valence-electron chi connectivity index (χ0n) is 17.4. The van der Waals surface area contributed by atoms with E-state index in [1.807, 2.05) is 0 Å². The Kier molecular flexibility index (Phi) is 6.11. The maximum Gasteiger partial charge on any atom is 0.330 e. The Morgan fingerprint density at radius 1 is 1.12 bits per heavy atom.